The van der Waals surface area contributed by atoms with E-state index in [1.165, 1.54) is 22.5 Å². The fraction of sp³-hybridized carbons (Fsp3) is 0.227. The molecule has 1 aliphatic heterocycles. The van der Waals surface area contributed by atoms with Crippen molar-refractivity contribution in [2.75, 3.05) is 13.1 Å². The number of fused-ring (bicyclic) bond motifs is 1. The number of halogens is 1. The minimum Gasteiger partial charge on any atom is -0.426 e. The second-order valence-corrected chi connectivity index (χ2v) is 8.91. The number of esters is 1. The summed E-state index contributed by atoms with van der Waals surface area (Å²) in [5.74, 6) is -1.05. The smallest absolute Gasteiger partial charge is 0.314 e. The van der Waals surface area contributed by atoms with Gasteiger partial charge in [-0.1, -0.05) is 48.5 Å². The summed E-state index contributed by atoms with van der Waals surface area (Å²) in [7, 11) is -3.92. The first-order valence-electron chi connectivity index (χ1n) is 9.41. The molecule has 1 aliphatic rings. The third kappa shape index (κ3) is 3.88. The van der Waals surface area contributed by atoms with Crippen LogP contribution < -0.4 is 4.74 Å². The molecule has 1 saturated heterocycles. The minimum atomic E-state index is -3.92. The Morgan fingerprint density at radius 1 is 0.931 bits per heavy atom. The molecule has 0 saturated carbocycles. The van der Waals surface area contributed by atoms with Gasteiger partial charge in [0.2, 0.25) is 10.0 Å². The molecule has 5 nitrogen and oxygen atoms in total. The van der Waals surface area contributed by atoms with Crippen LogP contribution in [0.5, 0.6) is 5.75 Å². The lowest BCUT2D eigenvalue weighted by atomic mass is 9.98. The van der Waals surface area contributed by atoms with Gasteiger partial charge in [-0.2, -0.15) is 4.31 Å². The maximum absolute atomic E-state index is 13.9. The van der Waals surface area contributed by atoms with Crippen molar-refractivity contribution in [3.8, 4) is 5.75 Å². The molecule has 0 aromatic heterocycles. The Morgan fingerprint density at radius 2 is 1.59 bits per heavy atom. The molecule has 0 aliphatic carbocycles. The van der Waals surface area contributed by atoms with Crippen LogP contribution in [-0.2, 0) is 14.8 Å². The van der Waals surface area contributed by atoms with Gasteiger partial charge in [-0.15, -0.1) is 0 Å². The molecule has 0 bridgehead atoms. The Balaban J connectivity index is 1.44. The zero-order chi connectivity index (χ0) is 20.4. The highest BCUT2D eigenvalue weighted by Gasteiger charge is 2.34. The standard InChI is InChI=1S/C22H20FNO4S/c23-19-9-3-4-11-21(19)29(26,27)24-14-12-17(13-15-24)22(25)28-20-10-5-7-16-6-1-2-8-18(16)20/h1-11,17H,12-15H2. The summed E-state index contributed by atoms with van der Waals surface area (Å²) in [5, 5.41) is 1.83. The van der Waals surface area contributed by atoms with E-state index in [0.29, 0.717) is 18.6 Å². The van der Waals surface area contributed by atoms with Crippen molar-refractivity contribution < 1.29 is 22.3 Å². The Kier molecular flexibility index (Phi) is 5.34. The zero-order valence-electron chi connectivity index (χ0n) is 15.6. The molecule has 29 heavy (non-hydrogen) atoms. The van der Waals surface area contributed by atoms with E-state index in [-0.39, 0.29) is 24.0 Å². The molecule has 0 unspecified atom stereocenters. The first-order chi connectivity index (χ1) is 14.0. The summed E-state index contributed by atoms with van der Waals surface area (Å²) in [4.78, 5) is 12.3. The summed E-state index contributed by atoms with van der Waals surface area (Å²) >= 11 is 0. The van der Waals surface area contributed by atoms with Gasteiger partial charge >= 0.3 is 5.97 Å². The lowest BCUT2D eigenvalue weighted by molar-refractivity contribution is -0.140. The maximum atomic E-state index is 13.9. The predicted octanol–water partition coefficient (Wildman–Crippen LogP) is 3.99. The zero-order valence-corrected chi connectivity index (χ0v) is 16.4. The number of rotatable bonds is 4. The van der Waals surface area contributed by atoms with E-state index in [2.05, 4.69) is 0 Å². The fourth-order valence-corrected chi connectivity index (χ4v) is 5.14. The molecule has 1 fully saturated rings. The lowest BCUT2D eigenvalue weighted by Crippen LogP contribution is -2.41. The molecule has 0 atom stereocenters. The molecule has 0 N–H and O–H groups in total. The van der Waals surface area contributed by atoms with E-state index in [4.69, 9.17) is 4.74 Å². The van der Waals surface area contributed by atoms with Crippen molar-refractivity contribution in [1.82, 2.24) is 4.31 Å². The maximum Gasteiger partial charge on any atom is 0.314 e. The van der Waals surface area contributed by atoms with Crippen molar-refractivity contribution in [3.63, 3.8) is 0 Å². The van der Waals surface area contributed by atoms with Crippen LogP contribution in [0.1, 0.15) is 12.8 Å². The van der Waals surface area contributed by atoms with Gasteiger partial charge in [-0.3, -0.25) is 4.79 Å². The number of carbonyl (C=O) groups excluding carboxylic acids is 1. The van der Waals surface area contributed by atoms with Gasteiger partial charge in [-0.05, 0) is 36.4 Å². The van der Waals surface area contributed by atoms with Gasteiger partial charge in [-0.25, -0.2) is 12.8 Å². The number of nitrogens with zero attached hydrogens (tertiary/aromatic N) is 1. The van der Waals surface area contributed by atoms with Crippen molar-refractivity contribution in [3.05, 3.63) is 72.5 Å². The van der Waals surface area contributed by atoms with Crippen molar-refractivity contribution in [2.24, 2.45) is 5.92 Å². The van der Waals surface area contributed by atoms with Crippen molar-refractivity contribution in [1.29, 1.82) is 0 Å². The van der Waals surface area contributed by atoms with Crippen molar-refractivity contribution >= 4 is 26.8 Å². The van der Waals surface area contributed by atoms with Gasteiger partial charge in [0, 0.05) is 18.5 Å². The van der Waals surface area contributed by atoms with Gasteiger partial charge in [0.15, 0.2) is 0 Å². The average Bonchev–Trinajstić information content (AvgIpc) is 2.74. The van der Waals surface area contributed by atoms with E-state index in [9.17, 15) is 17.6 Å². The van der Waals surface area contributed by atoms with Gasteiger partial charge in [0.25, 0.3) is 0 Å². The minimum absolute atomic E-state index is 0.145. The molecule has 4 rings (SSSR count). The van der Waals surface area contributed by atoms with E-state index in [0.717, 1.165) is 16.8 Å². The van der Waals surface area contributed by atoms with E-state index >= 15 is 0 Å². The normalized spacial score (nSPS) is 16.0. The summed E-state index contributed by atoms with van der Waals surface area (Å²) < 4.78 is 46.2. The Bertz CT molecular complexity index is 1150. The van der Waals surface area contributed by atoms with E-state index in [1.807, 2.05) is 36.4 Å². The third-order valence-corrected chi connectivity index (χ3v) is 7.13. The number of hydrogen-bond donors (Lipinski definition) is 0. The summed E-state index contributed by atoms with van der Waals surface area (Å²) in [5.41, 5.74) is 0. The molecule has 7 heteroatoms. The van der Waals surface area contributed by atoms with Gasteiger partial charge < -0.3 is 4.74 Å². The highest BCUT2D eigenvalue weighted by atomic mass is 32.2. The molecule has 3 aromatic rings. The Morgan fingerprint density at radius 3 is 2.34 bits per heavy atom. The van der Waals surface area contributed by atoms with Crippen LogP contribution >= 0.6 is 0 Å². The highest BCUT2D eigenvalue weighted by Crippen LogP contribution is 2.29. The summed E-state index contributed by atoms with van der Waals surface area (Å²) in [6.45, 7) is 0.290. The molecular formula is C22H20FNO4S. The fourth-order valence-electron chi connectivity index (χ4n) is 3.60. The average molecular weight is 413 g/mol. The first kappa shape index (κ1) is 19.5. The van der Waals surface area contributed by atoms with Gasteiger partial charge in [0.1, 0.15) is 16.5 Å². The summed E-state index contributed by atoms with van der Waals surface area (Å²) in [6.07, 6.45) is 0.661. The van der Waals surface area contributed by atoms with Crippen molar-refractivity contribution in [2.45, 2.75) is 17.7 Å². The van der Waals surface area contributed by atoms with Gasteiger partial charge in [0.05, 0.1) is 5.92 Å². The molecular weight excluding hydrogens is 393 g/mol. The Labute approximate surface area is 168 Å². The molecule has 0 spiro atoms. The quantitative estimate of drug-likeness (QED) is 0.479. The van der Waals surface area contributed by atoms with Crippen LogP contribution in [0.3, 0.4) is 0 Å². The lowest BCUT2D eigenvalue weighted by Gasteiger charge is -2.30. The monoisotopic (exact) mass is 413 g/mol. The molecule has 0 radical (unpaired) electrons. The Hall–Kier alpha value is -2.77. The van der Waals surface area contributed by atoms with Crippen LogP contribution in [0, 0.1) is 11.7 Å². The second kappa shape index (κ2) is 7.93. The SMILES string of the molecule is O=C(Oc1cccc2ccccc12)C1CCN(S(=O)(=O)c2ccccc2F)CC1. The molecule has 3 aromatic carbocycles. The van der Waals surface area contributed by atoms with Crippen LogP contribution in [0.25, 0.3) is 10.8 Å². The number of sulfonamides is 1. The highest BCUT2D eigenvalue weighted by molar-refractivity contribution is 7.89. The number of piperidine rings is 1. The van der Waals surface area contributed by atoms with Crippen LogP contribution in [0.15, 0.2) is 71.6 Å². The largest absolute Gasteiger partial charge is 0.426 e. The van der Waals surface area contributed by atoms with Crippen LogP contribution in [-0.4, -0.2) is 31.8 Å². The first-order valence-corrected chi connectivity index (χ1v) is 10.8. The number of carbonyl (C=O) groups is 1. The molecule has 0 amide bonds. The summed E-state index contributed by atoms with van der Waals surface area (Å²) in [6, 6.07) is 18.5. The number of ether oxygens (including phenoxy) is 1. The molecule has 150 valence electrons. The second-order valence-electron chi connectivity index (χ2n) is 7.01. The van der Waals surface area contributed by atoms with E-state index < -0.39 is 21.8 Å². The number of hydrogen-bond acceptors (Lipinski definition) is 4. The third-order valence-electron chi connectivity index (χ3n) is 5.20. The topological polar surface area (TPSA) is 63.7 Å². The molecule has 1 heterocycles. The van der Waals surface area contributed by atoms with Crippen LogP contribution in [0.4, 0.5) is 4.39 Å². The predicted molar refractivity (Wildman–Crippen MR) is 107 cm³/mol. The van der Waals surface area contributed by atoms with E-state index in [1.54, 1.807) is 6.07 Å². The van der Waals surface area contributed by atoms with Crippen LogP contribution in [0.2, 0.25) is 0 Å². The number of benzene rings is 3.